The number of benzene rings is 3. The van der Waals surface area contributed by atoms with Gasteiger partial charge in [0.15, 0.2) is 0 Å². The van der Waals surface area contributed by atoms with Crippen LogP contribution in [0.4, 0.5) is 13.2 Å². The van der Waals surface area contributed by atoms with Crippen LogP contribution in [0.1, 0.15) is 0 Å². The summed E-state index contributed by atoms with van der Waals surface area (Å²) in [7, 11) is 0. The molecular formula is C18H12BiF3. The molecular weight excluding hydrogens is 482 g/mol. The Labute approximate surface area is 134 Å². The Balaban J connectivity index is 2.27. The van der Waals surface area contributed by atoms with E-state index in [2.05, 4.69) is 0 Å². The topological polar surface area (TPSA) is 0 Å². The molecule has 0 aromatic heterocycles. The molecule has 0 nitrogen and oxygen atoms in total. The van der Waals surface area contributed by atoms with Gasteiger partial charge in [-0.15, -0.1) is 0 Å². The van der Waals surface area contributed by atoms with Crippen LogP contribution in [0, 0.1) is 17.5 Å². The molecule has 0 atom stereocenters. The Morgan fingerprint density at radius 2 is 0.727 bits per heavy atom. The Bertz CT molecular complexity index is 693. The average Bonchev–Trinajstić information content (AvgIpc) is 2.53. The van der Waals surface area contributed by atoms with E-state index in [1.54, 1.807) is 54.6 Å². The number of hydrogen-bond donors (Lipinski definition) is 0. The summed E-state index contributed by atoms with van der Waals surface area (Å²) in [6.45, 7) is 0. The minimum atomic E-state index is -3.36. The molecule has 0 spiro atoms. The molecule has 110 valence electrons. The first-order chi connectivity index (χ1) is 10.7. The molecule has 0 bridgehead atoms. The summed E-state index contributed by atoms with van der Waals surface area (Å²) in [4.78, 5) is 0. The summed E-state index contributed by atoms with van der Waals surface area (Å²) in [6.07, 6.45) is 0. The fourth-order valence-corrected chi connectivity index (χ4v) is 11.4. The van der Waals surface area contributed by atoms with Gasteiger partial charge in [-0.3, -0.25) is 0 Å². The van der Waals surface area contributed by atoms with Crippen LogP contribution in [-0.4, -0.2) is 21.8 Å². The zero-order valence-corrected chi connectivity index (χ0v) is 15.0. The van der Waals surface area contributed by atoms with Crippen LogP contribution in [0.5, 0.6) is 0 Å². The van der Waals surface area contributed by atoms with Gasteiger partial charge in [-0.2, -0.15) is 0 Å². The summed E-state index contributed by atoms with van der Waals surface area (Å²) < 4.78 is 44.2. The molecule has 3 rings (SSSR count). The van der Waals surface area contributed by atoms with Crippen LogP contribution in [0.25, 0.3) is 0 Å². The van der Waals surface area contributed by atoms with Crippen LogP contribution in [0.3, 0.4) is 0 Å². The molecule has 0 fully saturated rings. The molecule has 0 aliphatic rings. The second kappa shape index (κ2) is 6.62. The first-order valence-corrected chi connectivity index (χ1v) is 11.9. The van der Waals surface area contributed by atoms with E-state index in [-0.39, 0.29) is 0 Å². The van der Waals surface area contributed by atoms with Gasteiger partial charge in [0, 0.05) is 0 Å². The summed E-state index contributed by atoms with van der Waals surface area (Å²) in [5.74, 6) is -1.19. The molecule has 0 amide bonds. The van der Waals surface area contributed by atoms with Gasteiger partial charge in [-0.05, 0) is 0 Å². The van der Waals surface area contributed by atoms with E-state index in [1.165, 1.54) is 18.2 Å². The van der Waals surface area contributed by atoms with E-state index in [0.29, 0.717) is 9.81 Å². The monoisotopic (exact) mass is 494 g/mol. The number of hydrogen-bond acceptors (Lipinski definition) is 0. The van der Waals surface area contributed by atoms with Gasteiger partial charge >= 0.3 is 135 Å². The van der Waals surface area contributed by atoms with E-state index in [1.807, 2.05) is 0 Å². The van der Waals surface area contributed by atoms with Crippen molar-refractivity contribution in [2.45, 2.75) is 0 Å². The van der Waals surface area contributed by atoms with Crippen molar-refractivity contribution >= 4 is 31.6 Å². The molecule has 3 aromatic carbocycles. The van der Waals surface area contributed by atoms with Gasteiger partial charge in [0.25, 0.3) is 0 Å². The molecule has 0 aliphatic heterocycles. The standard InChI is InChI=1S/3C6H4F.Bi/c3*7-6-4-2-1-3-5-6;/h3*1-4H;. The van der Waals surface area contributed by atoms with Gasteiger partial charge in [0.1, 0.15) is 0 Å². The van der Waals surface area contributed by atoms with Crippen LogP contribution >= 0.6 is 0 Å². The fraction of sp³-hybridized carbons (Fsp3) is 0. The van der Waals surface area contributed by atoms with Crippen molar-refractivity contribution in [3.8, 4) is 0 Å². The van der Waals surface area contributed by atoms with E-state index in [9.17, 15) is 13.2 Å². The molecule has 22 heavy (non-hydrogen) atoms. The van der Waals surface area contributed by atoms with E-state index < -0.39 is 39.2 Å². The van der Waals surface area contributed by atoms with Crippen molar-refractivity contribution in [1.82, 2.24) is 0 Å². The molecule has 0 N–H and O–H groups in total. The van der Waals surface area contributed by atoms with Crippen molar-refractivity contribution in [3.63, 3.8) is 0 Å². The first-order valence-electron chi connectivity index (χ1n) is 6.72. The summed E-state index contributed by atoms with van der Waals surface area (Å²) in [6, 6.07) is 18.9. The van der Waals surface area contributed by atoms with Crippen molar-refractivity contribution in [2.75, 3.05) is 0 Å². The maximum absolute atomic E-state index is 14.3. The third-order valence-electron chi connectivity index (χ3n) is 3.28. The van der Waals surface area contributed by atoms with Crippen molar-refractivity contribution in [1.29, 1.82) is 0 Å². The van der Waals surface area contributed by atoms with Crippen molar-refractivity contribution < 1.29 is 13.2 Å². The zero-order chi connectivity index (χ0) is 15.5. The Morgan fingerprint density at radius 1 is 0.455 bits per heavy atom. The Kier molecular flexibility index (Phi) is 4.58. The SMILES string of the molecule is Fc1cccc[c]1[Bi]([c]1ccccc1F)[c]1ccccc1F. The van der Waals surface area contributed by atoms with Gasteiger partial charge in [-0.1, -0.05) is 0 Å². The summed E-state index contributed by atoms with van der Waals surface area (Å²) >= 11 is -3.36. The van der Waals surface area contributed by atoms with Gasteiger partial charge in [0.05, 0.1) is 0 Å². The quantitative estimate of drug-likeness (QED) is 0.492. The molecule has 0 saturated heterocycles. The Morgan fingerprint density at radius 3 is 1.00 bits per heavy atom. The predicted octanol–water partition coefficient (Wildman–Crippen LogP) is 2.62. The van der Waals surface area contributed by atoms with Gasteiger partial charge < -0.3 is 0 Å². The second-order valence-electron chi connectivity index (χ2n) is 4.69. The third kappa shape index (κ3) is 2.93. The normalized spacial score (nSPS) is 10.9. The van der Waals surface area contributed by atoms with Crippen LogP contribution in [-0.2, 0) is 0 Å². The molecule has 4 heteroatoms. The fourth-order valence-electron chi connectivity index (χ4n) is 2.29. The summed E-state index contributed by atoms with van der Waals surface area (Å²) in [5, 5.41) is 0. The van der Waals surface area contributed by atoms with E-state index >= 15 is 0 Å². The second-order valence-corrected chi connectivity index (χ2v) is 12.9. The number of rotatable bonds is 3. The van der Waals surface area contributed by atoms with Crippen LogP contribution < -0.4 is 9.81 Å². The maximum atomic E-state index is 14.3. The molecule has 0 unspecified atom stereocenters. The van der Waals surface area contributed by atoms with Crippen molar-refractivity contribution in [2.24, 2.45) is 0 Å². The number of halogens is 3. The predicted molar refractivity (Wildman–Crippen MR) is 83.9 cm³/mol. The van der Waals surface area contributed by atoms with Crippen molar-refractivity contribution in [3.05, 3.63) is 90.2 Å². The molecule has 0 saturated carbocycles. The van der Waals surface area contributed by atoms with Crippen LogP contribution in [0.2, 0.25) is 0 Å². The van der Waals surface area contributed by atoms with Gasteiger partial charge in [0.2, 0.25) is 0 Å². The molecule has 0 aliphatic carbocycles. The first kappa shape index (κ1) is 15.2. The van der Waals surface area contributed by atoms with E-state index in [0.717, 1.165) is 0 Å². The molecule has 3 aromatic rings. The average molecular weight is 494 g/mol. The zero-order valence-electron chi connectivity index (χ0n) is 11.5. The van der Waals surface area contributed by atoms with E-state index in [4.69, 9.17) is 0 Å². The Hall–Kier alpha value is -1.67. The third-order valence-corrected chi connectivity index (χ3v) is 13.1. The minimum absolute atomic E-state index is 0.396. The molecule has 0 radical (unpaired) electrons. The summed E-state index contributed by atoms with van der Waals surface area (Å²) in [5.41, 5.74) is 0. The van der Waals surface area contributed by atoms with Gasteiger partial charge in [-0.25, -0.2) is 0 Å². The molecule has 0 heterocycles. The van der Waals surface area contributed by atoms with Crippen LogP contribution in [0.15, 0.2) is 72.8 Å².